The van der Waals surface area contributed by atoms with Gasteiger partial charge in [0.25, 0.3) is 0 Å². The second kappa shape index (κ2) is 8.21. The van der Waals surface area contributed by atoms with Gasteiger partial charge in [-0.15, -0.1) is 0 Å². The van der Waals surface area contributed by atoms with Gasteiger partial charge in [-0.25, -0.2) is 4.98 Å². The predicted molar refractivity (Wildman–Crippen MR) is 82.7 cm³/mol. The molecule has 2 aromatic rings. The molecule has 1 atom stereocenters. The first-order valence-electron chi connectivity index (χ1n) is 7.30. The van der Waals surface area contributed by atoms with Crippen molar-refractivity contribution in [2.24, 2.45) is 5.73 Å². The van der Waals surface area contributed by atoms with E-state index in [1.54, 1.807) is 12.5 Å². The molecule has 0 aliphatic rings. The number of imidazole rings is 1. The Kier molecular flexibility index (Phi) is 5.97. The van der Waals surface area contributed by atoms with Crippen molar-refractivity contribution >= 4 is 5.91 Å². The van der Waals surface area contributed by atoms with Crippen LogP contribution in [0.4, 0.5) is 0 Å². The van der Waals surface area contributed by atoms with Crippen molar-refractivity contribution in [3.05, 3.63) is 54.1 Å². The van der Waals surface area contributed by atoms with Gasteiger partial charge in [0.05, 0.1) is 12.4 Å². The molecular formula is C16H22N4O. The van der Waals surface area contributed by atoms with Crippen molar-refractivity contribution in [3.8, 4) is 0 Å². The van der Waals surface area contributed by atoms with E-state index in [0.717, 1.165) is 25.0 Å². The maximum absolute atomic E-state index is 11.8. The van der Waals surface area contributed by atoms with Crippen LogP contribution in [-0.4, -0.2) is 28.5 Å². The first-order valence-corrected chi connectivity index (χ1v) is 7.30. The Morgan fingerprint density at radius 3 is 2.81 bits per heavy atom. The van der Waals surface area contributed by atoms with Crippen LogP contribution in [0.1, 0.15) is 24.1 Å². The van der Waals surface area contributed by atoms with Gasteiger partial charge in [0.15, 0.2) is 0 Å². The van der Waals surface area contributed by atoms with Gasteiger partial charge < -0.3 is 16.0 Å². The maximum Gasteiger partial charge on any atom is 0.237 e. The summed E-state index contributed by atoms with van der Waals surface area (Å²) in [5.41, 5.74) is 8.06. The third-order valence-corrected chi connectivity index (χ3v) is 3.37. The number of amides is 1. The summed E-state index contributed by atoms with van der Waals surface area (Å²) < 4.78 is 0. The Morgan fingerprint density at radius 2 is 2.10 bits per heavy atom. The second-order valence-corrected chi connectivity index (χ2v) is 5.12. The van der Waals surface area contributed by atoms with Crippen LogP contribution in [0.5, 0.6) is 0 Å². The minimum atomic E-state index is -0.528. The summed E-state index contributed by atoms with van der Waals surface area (Å²) in [6, 6.07) is 9.83. The second-order valence-electron chi connectivity index (χ2n) is 5.12. The number of rotatable bonds is 8. The number of aromatic amines is 1. The molecule has 4 N–H and O–H groups in total. The topological polar surface area (TPSA) is 83.8 Å². The molecule has 21 heavy (non-hydrogen) atoms. The number of aryl methyl sites for hydroxylation is 1. The Bertz CT molecular complexity index is 524. The van der Waals surface area contributed by atoms with Crippen molar-refractivity contribution in [3.63, 3.8) is 0 Å². The standard InChI is InChI=1S/C16H22N4O/c17-15(10-14-11-18-12-20-14)16(21)19-9-5-4-8-13-6-2-1-3-7-13/h1-3,6-7,11-12,15H,4-5,8-10,17H2,(H,18,20)(H,19,21)/t15-/m1/s1. The van der Waals surface area contributed by atoms with Crippen molar-refractivity contribution < 1.29 is 4.79 Å². The molecule has 112 valence electrons. The summed E-state index contributed by atoms with van der Waals surface area (Å²) in [5.74, 6) is -0.107. The number of nitrogens with zero attached hydrogens (tertiary/aromatic N) is 1. The summed E-state index contributed by atoms with van der Waals surface area (Å²) in [4.78, 5) is 18.7. The van der Waals surface area contributed by atoms with Gasteiger partial charge in [-0.3, -0.25) is 4.79 Å². The lowest BCUT2D eigenvalue weighted by Gasteiger charge is -2.11. The number of aromatic nitrogens is 2. The molecule has 0 aliphatic carbocycles. The normalized spacial score (nSPS) is 12.0. The predicted octanol–water partition coefficient (Wildman–Crippen LogP) is 1.42. The number of nitrogens with one attached hydrogen (secondary N) is 2. The molecule has 0 spiro atoms. The molecule has 0 saturated heterocycles. The van der Waals surface area contributed by atoms with Gasteiger partial charge in [-0.05, 0) is 24.8 Å². The molecule has 0 saturated carbocycles. The summed E-state index contributed by atoms with van der Waals surface area (Å²) in [5, 5.41) is 2.88. The monoisotopic (exact) mass is 286 g/mol. The van der Waals surface area contributed by atoms with Crippen molar-refractivity contribution in [1.29, 1.82) is 0 Å². The summed E-state index contributed by atoms with van der Waals surface area (Å²) >= 11 is 0. The third kappa shape index (κ3) is 5.39. The summed E-state index contributed by atoms with van der Waals surface area (Å²) in [6.07, 6.45) is 6.81. The molecule has 5 heteroatoms. The van der Waals surface area contributed by atoms with Gasteiger partial charge >= 0.3 is 0 Å². The van der Waals surface area contributed by atoms with E-state index in [0.29, 0.717) is 13.0 Å². The summed E-state index contributed by atoms with van der Waals surface area (Å²) in [7, 11) is 0. The zero-order valence-electron chi connectivity index (χ0n) is 12.1. The maximum atomic E-state index is 11.8. The molecular weight excluding hydrogens is 264 g/mol. The van der Waals surface area contributed by atoms with E-state index in [1.807, 2.05) is 18.2 Å². The van der Waals surface area contributed by atoms with E-state index in [2.05, 4.69) is 27.4 Å². The molecule has 0 fully saturated rings. The van der Waals surface area contributed by atoms with E-state index >= 15 is 0 Å². The van der Waals surface area contributed by atoms with Crippen LogP contribution in [0, 0.1) is 0 Å². The summed E-state index contributed by atoms with van der Waals surface area (Å²) in [6.45, 7) is 0.669. The van der Waals surface area contributed by atoms with E-state index in [9.17, 15) is 4.79 Å². The van der Waals surface area contributed by atoms with Crippen LogP contribution >= 0.6 is 0 Å². The van der Waals surface area contributed by atoms with Gasteiger partial charge in [-0.2, -0.15) is 0 Å². The fourth-order valence-corrected chi connectivity index (χ4v) is 2.17. The molecule has 1 heterocycles. The largest absolute Gasteiger partial charge is 0.355 e. The molecule has 1 amide bonds. The highest BCUT2D eigenvalue weighted by Gasteiger charge is 2.13. The minimum Gasteiger partial charge on any atom is -0.355 e. The van der Waals surface area contributed by atoms with Crippen LogP contribution < -0.4 is 11.1 Å². The Morgan fingerprint density at radius 1 is 1.29 bits per heavy atom. The van der Waals surface area contributed by atoms with Gasteiger partial charge in [0.2, 0.25) is 5.91 Å². The number of carbonyl (C=O) groups is 1. The number of H-pyrrole nitrogens is 1. The number of hydrogen-bond acceptors (Lipinski definition) is 3. The van der Waals surface area contributed by atoms with Crippen LogP contribution in [0.3, 0.4) is 0 Å². The SMILES string of the molecule is N[C@H](Cc1cnc[nH]1)C(=O)NCCCCc1ccccc1. The lowest BCUT2D eigenvalue weighted by atomic mass is 10.1. The van der Waals surface area contributed by atoms with Gasteiger partial charge in [0.1, 0.15) is 0 Å². The van der Waals surface area contributed by atoms with Crippen LogP contribution in [0.15, 0.2) is 42.9 Å². The lowest BCUT2D eigenvalue weighted by molar-refractivity contribution is -0.122. The first-order chi connectivity index (χ1) is 10.3. The number of unbranched alkanes of at least 4 members (excludes halogenated alkanes) is 1. The smallest absolute Gasteiger partial charge is 0.237 e. The highest BCUT2D eigenvalue weighted by molar-refractivity contribution is 5.81. The molecule has 0 unspecified atom stereocenters. The lowest BCUT2D eigenvalue weighted by Crippen LogP contribution is -2.42. The molecule has 1 aromatic carbocycles. The number of nitrogens with two attached hydrogens (primary N) is 1. The van der Waals surface area contributed by atoms with E-state index in [-0.39, 0.29) is 5.91 Å². The van der Waals surface area contributed by atoms with Crippen LogP contribution in [0.25, 0.3) is 0 Å². The Balaban J connectivity index is 1.58. The van der Waals surface area contributed by atoms with Crippen molar-refractivity contribution in [1.82, 2.24) is 15.3 Å². The number of carbonyl (C=O) groups excluding carboxylic acids is 1. The van der Waals surface area contributed by atoms with Crippen LogP contribution in [0.2, 0.25) is 0 Å². The highest BCUT2D eigenvalue weighted by atomic mass is 16.2. The highest BCUT2D eigenvalue weighted by Crippen LogP contribution is 2.04. The Hall–Kier alpha value is -2.14. The Labute approximate surface area is 125 Å². The van der Waals surface area contributed by atoms with E-state index in [4.69, 9.17) is 5.73 Å². The molecule has 0 radical (unpaired) electrons. The van der Waals surface area contributed by atoms with Crippen molar-refractivity contribution in [2.75, 3.05) is 6.54 Å². The molecule has 0 aliphatic heterocycles. The first kappa shape index (κ1) is 15.3. The fourth-order valence-electron chi connectivity index (χ4n) is 2.17. The third-order valence-electron chi connectivity index (χ3n) is 3.37. The van der Waals surface area contributed by atoms with Crippen LogP contribution in [-0.2, 0) is 17.6 Å². The average Bonchev–Trinajstić information content (AvgIpc) is 3.00. The molecule has 2 rings (SSSR count). The van der Waals surface area contributed by atoms with E-state index < -0.39 is 6.04 Å². The fraction of sp³-hybridized carbons (Fsp3) is 0.375. The average molecular weight is 286 g/mol. The van der Waals surface area contributed by atoms with Crippen molar-refractivity contribution in [2.45, 2.75) is 31.7 Å². The molecule has 5 nitrogen and oxygen atoms in total. The molecule has 1 aromatic heterocycles. The zero-order chi connectivity index (χ0) is 14.9. The van der Waals surface area contributed by atoms with Gasteiger partial charge in [-0.1, -0.05) is 30.3 Å². The van der Waals surface area contributed by atoms with Gasteiger partial charge in [0, 0.05) is 24.9 Å². The minimum absolute atomic E-state index is 0.107. The molecule has 0 bridgehead atoms. The quantitative estimate of drug-likeness (QED) is 0.642. The van der Waals surface area contributed by atoms with E-state index in [1.165, 1.54) is 5.56 Å². The number of benzene rings is 1. The number of hydrogen-bond donors (Lipinski definition) is 3. The zero-order valence-corrected chi connectivity index (χ0v) is 12.1.